The van der Waals surface area contributed by atoms with E-state index < -0.39 is 5.60 Å². The second-order valence-electron chi connectivity index (χ2n) is 7.52. The van der Waals surface area contributed by atoms with E-state index in [0.29, 0.717) is 23.6 Å². The Balaban J connectivity index is 0.000000858. The normalized spacial score (nSPS) is 19.7. The van der Waals surface area contributed by atoms with E-state index in [2.05, 4.69) is 0 Å². The number of carbonyl (C=O) groups excluding carboxylic acids is 1. The smallest absolute Gasteiger partial charge is 0.119 e. The predicted molar refractivity (Wildman–Crippen MR) is 121 cm³/mol. The largest absolute Gasteiger partial charge is 0.497 e. The molecule has 6 nitrogen and oxygen atoms in total. The van der Waals surface area contributed by atoms with Crippen LogP contribution in [0.25, 0.3) is 16.9 Å². The number of methoxy groups -OCH3 is 2. The summed E-state index contributed by atoms with van der Waals surface area (Å²) in [5.74, 6) is 0.764. The fourth-order valence-corrected chi connectivity index (χ4v) is 4.02. The van der Waals surface area contributed by atoms with Crippen molar-refractivity contribution in [3.05, 3.63) is 64.8 Å². The number of aldehydes is 1. The van der Waals surface area contributed by atoms with Gasteiger partial charge in [0.15, 0.2) is 0 Å². The minimum absolute atomic E-state index is 0.0232. The quantitative estimate of drug-likeness (QED) is 0.579. The molecule has 164 valence electrons. The first-order valence-corrected chi connectivity index (χ1v) is 10.4. The summed E-state index contributed by atoms with van der Waals surface area (Å²) in [6.45, 7) is 3.49. The van der Waals surface area contributed by atoms with Gasteiger partial charge in [0.2, 0.25) is 0 Å². The van der Waals surface area contributed by atoms with E-state index >= 15 is 0 Å². The van der Waals surface area contributed by atoms with Gasteiger partial charge >= 0.3 is 0 Å². The monoisotopic (exact) mass is 442 g/mol. The van der Waals surface area contributed by atoms with Gasteiger partial charge in [-0.1, -0.05) is 41.4 Å². The van der Waals surface area contributed by atoms with Crippen LogP contribution in [-0.2, 0) is 15.1 Å². The molecular formula is C24H27ClN2O4. The molecule has 0 amide bonds. The summed E-state index contributed by atoms with van der Waals surface area (Å²) in [6.07, 6.45) is 1.74. The first-order valence-electron chi connectivity index (χ1n) is 10.0. The van der Waals surface area contributed by atoms with E-state index in [9.17, 15) is 5.11 Å². The van der Waals surface area contributed by atoms with Crippen molar-refractivity contribution in [1.29, 1.82) is 0 Å². The number of nitrogens with zero attached hydrogens (tertiary/aromatic N) is 2. The Hall–Kier alpha value is -2.67. The first kappa shape index (κ1) is 23.0. The van der Waals surface area contributed by atoms with Crippen molar-refractivity contribution in [1.82, 2.24) is 9.78 Å². The Morgan fingerprint density at radius 3 is 2.23 bits per heavy atom. The van der Waals surface area contributed by atoms with Crippen LogP contribution in [0.4, 0.5) is 0 Å². The SMILES string of the molecule is CC=O.COc1ccc(-n2nc(C3(O)CC(OC)C3)c(Cl)c2-c2ccc(C)cc2)cc1. The number of rotatable bonds is 5. The van der Waals surface area contributed by atoms with Crippen molar-refractivity contribution in [2.75, 3.05) is 14.2 Å². The minimum atomic E-state index is -1.07. The Morgan fingerprint density at radius 2 is 1.71 bits per heavy atom. The van der Waals surface area contributed by atoms with Gasteiger partial charge in [0.25, 0.3) is 0 Å². The maximum Gasteiger partial charge on any atom is 0.119 e. The maximum absolute atomic E-state index is 11.1. The Bertz CT molecular complexity index is 1020. The molecule has 3 aromatic rings. The lowest BCUT2D eigenvalue weighted by Crippen LogP contribution is -2.46. The van der Waals surface area contributed by atoms with Crippen molar-refractivity contribution in [3.8, 4) is 22.7 Å². The van der Waals surface area contributed by atoms with E-state index in [1.807, 2.05) is 55.5 Å². The summed E-state index contributed by atoms with van der Waals surface area (Å²) in [7, 11) is 3.29. The molecule has 1 aliphatic carbocycles. The number of aliphatic hydroxyl groups is 1. The second-order valence-corrected chi connectivity index (χ2v) is 7.90. The lowest BCUT2D eigenvalue weighted by Gasteiger charge is -2.41. The molecule has 1 aromatic heterocycles. The molecule has 0 radical (unpaired) electrons. The third-order valence-corrected chi connectivity index (χ3v) is 5.73. The summed E-state index contributed by atoms with van der Waals surface area (Å²) in [6, 6.07) is 15.7. The molecule has 0 spiro atoms. The summed E-state index contributed by atoms with van der Waals surface area (Å²) < 4.78 is 12.4. The third kappa shape index (κ3) is 4.66. The Kier molecular flexibility index (Phi) is 7.15. The van der Waals surface area contributed by atoms with Gasteiger partial charge in [-0.05, 0) is 38.1 Å². The highest BCUT2D eigenvalue weighted by Gasteiger charge is 2.48. The van der Waals surface area contributed by atoms with Crippen molar-refractivity contribution in [2.24, 2.45) is 0 Å². The zero-order valence-corrected chi connectivity index (χ0v) is 18.9. The van der Waals surface area contributed by atoms with E-state index in [0.717, 1.165) is 34.5 Å². The van der Waals surface area contributed by atoms with Gasteiger partial charge < -0.3 is 19.4 Å². The van der Waals surface area contributed by atoms with E-state index in [1.54, 1.807) is 18.9 Å². The molecule has 1 saturated carbocycles. The van der Waals surface area contributed by atoms with Crippen LogP contribution >= 0.6 is 11.6 Å². The van der Waals surface area contributed by atoms with Gasteiger partial charge in [-0.2, -0.15) is 5.10 Å². The van der Waals surface area contributed by atoms with Crippen molar-refractivity contribution < 1.29 is 19.4 Å². The van der Waals surface area contributed by atoms with Crippen LogP contribution in [0.15, 0.2) is 48.5 Å². The first-order chi connectivity index (χ1) is 14.9. The van der Waals surface area contributed by atoms with Crippen LogP contribution in [0.3, 0.4) is 0 Å². The van der Waals surface area contributed by atoms with Crippen molar-refractivity contribution >= 4 is 17.9 Å². The average Bonchev–Trinajstić information content (AvgIpc) is 3.10. The van der Waals surface area contributed by atoms with Gasteiger partial charge in [-0.3, -0.25) is 0 Å². The number of benzene rings is 2. The predicted octanol–water partition coefficient (Wildman–Crippen LogP) is 4.71. The molecule has 1 N–H and O–H groups in total. The van der Waals surface area contributed by atoms with Gasteiger partial charge in [-0.25, -0.2) is 4.68 Å². The number of carbonyl (C=O) groups is 1. The van der Waals surface area contributed by atoms with Gasteiger partial charge in [0.1, 0.15) is 23.3 Å². The lowest BCUT2D eigenvalue weighted by molar-refractivity contribution is -0.135. The van der Waals surface area contributed by atoms with Crippen molar-refractivity contribution in [2.45, 2.75) is 38.4 Å². The molecule has 1 fully saturated rings. The van der Waals surface area contributed by atoms with Gasteiger partial charge in [0.05, 0.1) is 29.6 Å². The highest BCUT2D eigenvalue weighted by Crippen LogP contribution is 2.47. The van der Waals surface area contributed by atoms with E-state index in [1.165, 1.54) is 6.92 Å². The second kappa shape index (κ2) is 9.64. The van der Waals surface area contributed by atoms with Crippen LogP contribution < -0.4 is 4.74 Å². The Labute approximate surface area is 187 Å². The summed E-state index contributed by atoms with van der Waals surface area (Å²) in [4.78, 5) is 8.81. The number of aromatic nitrogens is 2. The molecule has 0 unspecified atom stereocenters. The average molecular weight is 443 g/mol. The van der Waals surface area contributed by atoms with E-state index in [-0.39, 0.29) is 6.10 Å². The molecule has 7 heteroatoms. The van der Waals surface area contributed by atoms with Crippen LogP contribution in [0, 0.1) is 6.92 Å². The number of ether oxygens (including phenoxy) is 2. The van der Waals surface area contributed by atoms with Gasteiger partial charge in [-0.15, -0.1) is 0 Å². The molecular weight excluding hydrogens is 416 g/mol. The molecule has 0 aliphatic heterocycles. The molecule has 1 aliphatic rings. The summed E-state index contributed by atoms with van der Waals surface area (Å²) in [5, 5.41) is 16.3. The zero-order chi connectivity index (χ0) is 22.6. The summed E-state index contributed by atoms with van der Waals surface area (Å²) in [5.41, 5.74) is 3.13. The van der Waals surface area contributed by atoms with Crippen molar-refractivity contribution in [3.63, 3.8) is 0 Å². The number of aryl methyl sites for hydroxylation is 1. The molecule has 0 saturated heterocycles. The Morgan fingerprint density at radius 1 is 1.13 bits per heavy atom. The minimum Gasteiger partial charge on any atom is -0.497 e. The third-order valence-electron chi connectivity index (χ3n) is 5.37. The molecule has 1 heterocycles. The number of hydrogen-bond acceptors (Lipinski definition) is 5. The standard InChI is InChI=1S/C22H23ClN2O3.C2H4O/c1-14-4-6-15(7-5-14)20-19(23)21(22(26)12-18(13-22)28-3)24-25(20)16-8-10-17(27-2)11-9-16;1-2-3/h4-11,18,26H,12-13H2,1-3H3;2H,1H3. The molecule has 2 aromatic carbocycles. The van der Waals surface area contributed by atoms with Gasteiger partial charge in [0, 0.05) is 25.5 Å². The van der Waals surface area contributed by atoms with Crippen LogP contribution in [0.2, 0.25) is 5.02 Å². The van der Waals surface area contributed by atoms with Crippen LogP contribution in [-0.4, -0.2) is 41.5 Å². The molecule has 4 rings (SSSR count). The number of halogens is 1. The van der Waals surface area contributed by atoms with Crippen LogP contribution in [0.1, 0.15) is 31.0 Å². The number of hydrogen-bond donors (Lipinski definition) is 1. The topological polar surface area (TPSA) is 73.6 Å². The highest BCUT2D eigenvalue weighted by molar-refractivity contribution is 6.34. The molecule has 0 atom stereocenters. The zero-order valence-electron chi connectivity index (χ0n) is 18.1. The fourth-order valence-electron chi connectivity index (χ4n) is 3.62. The fraction of sp³-hybridized carbons (Fsp3) is 0.333. The molecule has 31 heavy (non-hydrogen) atoms. The highest BCUT2D eigenvalue weighted by atomic mass is 35.5. The lowest BCUT2D eigenvalue weighted by atomic mass is 9.75. The summed E-state index contributed by atoms with van der Waals surface area (Å²) >= 11 is 6.79. The van der Waals surface area contributed by atoms with E-state index in [4.69, 9.17) is 31.0 Å². The van der Waals surface area contributed by atoms with Crippen LogP contribution in [0.5, 0.6) is 5.75 Å². The molecule has 0 bridgehead atoms. The maximum atomic E-state index is 11.1.